The Balaban J connectivity index is 1.88. The molecule has 0 amide bonds. The van der Waals surface area contributed by atoms with Crippen molar-refractivity contribution in [3.63, 3.8) is 0 Å². The molecule has 0 unspecified atom stereocenters. The molecule has 3 rings (SSSR count). The van der Waals surface area contributed by atoms with Crippen LogP contribution in [0, 0.1) is 0 Å². The summed E-state index contributed by atoms with van der Waals surface area (Å²) in [4.78, 5) is 27.8. The first-order valence-corrected chi connectivity index (χ1v) is 6.80. The quantitative estimate of drug-likeness (QED) is 0.729. The number of pyridine rings is 1. The normalized spacial score (nSPS) is 10.8. The first kappa shape index (κ1) is 14.1. The topological polar surface area (TPSA) is 66.1 Å². The van der Waals surface area contributed by atoms with E-state index in [-0.39, 0.29) is 17.9 Å². The third-order valence-corrected chi connectivity index (χ3v) is 3.59. The summed E-state index contributed by atoms with van der Waals surface area (Å²) in [6.45, 7) is 0.146. The third kappa shape index (κ3) is 2.50. The maximum absolute atomic E-state index is 11.9. The second-order valence-corrected chi connectivity index (χ2v) is 5.02. The Morgan fingerprint density at radius 1 is 1.09 bits per heavy atom. The van der Waals surface area contributed by atoms with Crippen LogP contribution >= 0.6 is 0 Å². The first-order valence-electron chi connectivity index (χ1n) is 6.80. The zero-order valence-electron chi connectivity index (χ0n) is 12.3. The molecule has 3 aromatic rings. The fourth-order valence-corrected chi connectivity index (χ4v) is 2.22. The van der Waals surface area contributed by atoms with E-state index in [0.717, 1.165) is 15.5 Å². The van der Waals surface area contributed by atoms with Crippen LogP contribution in [0.3, 0.4) is 0 Å². The maximum atomic E-state index is 11.9. The zero-order chi connectivity index (χ0) is 15.7. The van der Waals surface area contributed by atoms with Gasteiger partial charge in [0, 0.05) is 31.7 Å². The molecule has 1 aromatic carbocycles. The van der Waals surface area contributed by atoms with Gasteiger partial charge >= 0.3 is 5.69 Å². The van der Waals surface area contributed by atoms with Gasteiger partial charge in [-0.3, -0.25) is 18.9 Å². The maximum Gasteiger partial charge on any atom is 0.330 e. The van der Waals surface area contributed by atoms with Crippen molar-refractivity contribution in [3.8, 4) is 5.75 Å². The Hall–Kier alpha value is -2.89. The fourth-order valence-electron chi connectivity index (χ4n) is 2.22. The largest absolute Gasteiger partial charge is 0.487 e. The summed E-state index contributed by atoms with van der Waals surface area (Å²) >= 11 is 0. The molecule has 0 spiro atoms. The molecule has 0 saturated heterocycles. The monoisotopic (exact) mass is 297 g/mol. The molecule has 6 nitrogen and oxygen atoms in total. The molecule has 0 aliphatic heterocycles. The van der Waals surface area contributed by atoms with E-state index >= 15 is 0 Å². The van der Waals surface area contributed by atoms with Gasteiger partial charge in [-0.1, -0.05) is 6.07 Å². The van der Waals surface area contributed by atoms with Crippen LogP contribution in [0.2, 0.25) is 0 Å². The van der Waals surface area contributed by atoms with E-state index in [9.17, 15) is 9.59 Å². The number of rotatable bonds is 3. The summed E-state index contributed by atoms with van der Waals surface area (Å²) < 4.78 is 8.16. The van der Waals surface area contributed by atoms with Crippen molar-refractivity contribution < 1.29 is 4.74 Å². The predicted octanol–water partition coefficient (Wildman–Crippen LogP) is 1.21. The van der Waals surface area contributed by atoms with Gasteiger partial charge in [0.1, 0.15) is 12.4 Å². The lowest BCUT2D eigenvalue weighted by Crippen LogP contribution is -2.38. The van der Waals surface area contributed by atoms with Crippen LogP contribution in [-0.4, -0.2) is 14.1 Å². The van der Waals surface area contributed by atoms with E-state index in [0.29, 0.717) is 11.4 Å². The van der Waals surface area contributed by atoms with Crippen molar-refractivity contribution in [3.05, 3.63) is 69.1 Å². The van der Waals surface area contributed by atoms with Gasteiger partial charge in [0.2, 0.25) is 0 Å². The molecule has 0 aliphatic carbocycles. The number of hydrogen-bond donors (Lipinski definition) is 0. The Morgan fingerprint density at radius 2 is 1.91 bits per heavy atom. The summed E-state index contributed by atoms with van der Waals surface area (Å²) in [5, 5.41) is 0.970. The molecule has 0 bridgehead atoms. The van der Waals surface area contributed by atoms with Crippen LogP contribution in [0.1, 0.15) is 5.69 Å². The molecule has 22 heavy (non-hydrogen) atoms. The first-order chi connectivity index (χ1) is 10.6. The van der Waals surface area contributed by atoms with E-state index in [2.05, 4.69) is 4.98 Å². The highest BCUT2D eigenvalue weighted by Gasteiger charge is 2.07. The number of ether oxygens (including phenoxy) is 1. The van der Waals surface area contributed by atoms with Gasteiger partial charge < -0.3 is 4.74 Å². The highest BCUT2D eigenvalue weighted by molar-refractivity contribution is 5.79. The molecule has 0 aliphatic rings. The zero-order valence-corrected chi connectivity index (χ0v) is 12.3. The van der Waals surface area contributed by atoms with Gasteiger partial charge in [0.25, 0.3) is 5.56 Å². The van der Waals surface area contributed by atoms with E-state index < -0.39 is 0 Å². The summed E-state index contributed by atoms with van der Waals surface area (Å²) in [5.41, 5.74) is 0.702. The van der Waals surface area contributed by atoms with E-state index in [1.54, 1.807) is 13.2 Å². The Morgan fingerprint density at radius 3 is 2.73 bits per heavy atom. The van der Waals surface area contributed by atoms with Crippen molar-refractivity contribution in [1.82, 2.24) is 14.1 Å². The molecular weight excluding hydrogens is 282 g/mol. The van der Waals surface area contributed by atoms with Crippen LogP contribution in [0.25, 0.3) is 10.9 Å². The number of fused-ring (bicyclic) bond motifs is 1. The van der Waals surface area contributed by atoms with Crippen molar-refractivity contribution in [1.29, 1.82) is 0 Å². The Bertz CT molecular complexity index is 957. The number of aromatic nitrogens is 3. The minimum absolute atomic E-state index is 0.146. The second-order valence-electron chi connectivity index (χ2n) is 5.02. The number of nitrogens with zero attached hydrogens (tertiary/aromatic N) is 3. The molecule has 0 fully saturated rings. The van der Waals surface area contributed by atoms with Gasteiger partial charge in [-0.2, -0.15) is 0 Å². The summed E-state index contributed by atoms with van der Waals surface area (Å²) in [6.07, 6.45) is 1.73. The lowest BCUT2D eigenvalue weighted by Gasteiger charge is -2.11. The molecule has 0 N–H and O–H groups in total. The lowest BCUT2D eigenvalue weighted by atomic mass is 10.2. The molecule has 2 heterocycles. The minimum atomic E-state index is -0.367. The van der Waals surface area contributed by atoms with Gasteiger partial charge in [-0.05, 0) is 24.3 Å². The smallest absolute Gasteiger partial charge is 0.330 e. The number of hydrogen-bond acceptors (Lipinski definition) is 4. The summed E-state index contributed by atoms with van der Waals surface area (Å²) in [5.74, 6) is 0.661. The third-order valence-electron chi connectivity index (χ3n) is 3.59. The van der Waals surface area contributed by atoms with Crippen LogP contribution in [0.15, 0.2) is 52.2 Å². The average Bonchev–Trinajstić information content (AvgIpc) is 2.55. The Kier molecular flexibility index (Phi) is 3.50. The molecule has 0 radical (unpaired) electrons. The van der Waals surface area contributed by atoms with Crippen LogP contribution in [0.4, 0.5) is 0 Å². The highest BCUT2D eigenvalue weighted by atomic mass is 16.5. The SMILES string of the molecule is Cn1c(COc2ccc3ncccc3c2)cc(=O)n(C)c1=O. The number of benzene rings is 1. The van der Waals surface area contributed by atoms with Gasteiger partial charge in [0.15, 0.2) is 0 Å². The van der Waals surface area contributed by atoms with Crippen molar-refractivity contribution >= 4 is 10.9 Å². The summed E-state index contributed by atoms with van der Waals surface area (Å²) in [7, 11) is 3.07. The minimum Gasteiger partial charge on any atom is -0.487 e. The molecule has 6 heteroatoms. The van der Waals surface area contributed by atoms with Crippen molar-refractivity contribution in [2.24, 2.45) is 14.1 Å². The van der Waals surface area contributed by atoms with Crippen LogP contribution < -0.4 is 16.0 Å². The standard InChI is InChI=1S/C16H15N3O3/c1-18-12(9-15(20)19(2)16(18)21)10-22-13-5-6-14-11(8-13)4-3-7-17-14/h3-9H,10H2,1-2H3. The summed E-state index contributed by atoms with van der Waals surface area (Å²) in [6, 6.07) is 10.8. The fraction of sp³-hybridized carbons (Fsp3) is 0.188. The van der Waals surface area contributed by atoms with E-state index in [1.807, 2.05) is 30.3 Å². The lowest BCUT2D eigenvalue weighted by molar-refractivity contribution is 0.294. The average molecular weight is 297 g/mol. The molecular formula is C16H15N3O3. The Labute approximate surface area is 126 Å². The van der Waals surface area contributed by atoms with Crippen LogP contribution in [0.5, 0.6) is 5.75 Å². The second kappa shape index (κ2) is 5.48. The molecule has 0 atom stereocenters. The van der Waals surface area contributed by atoms with Crippen molar-refractivity contribution in [2.45, 2.75) is 6.61 Å². The highest BCUT2D eigenvalue weighted by Crippen LogP contribution is 2.19. The van der Waals surface area contributed by atoms with Gasteiger partial charge in [-0.15, -0.1) is 0 Å². The molecule has 112 valence electrons. The van der Waals surface area contributed by atoms with Gasteiger partial charge in [0.05, 0.1) is 11.2 Å². The van der Waals surface area contributed by atoms with Crippen molar-refractivity contribution in [2.75, 3.05) is 0 Å². The van der Waals surface area contributed by atoms with E-state index in [1.165, 1.54) is 17.7 Å². The van der Waals surface area contributed by atoms with Gasteiger partial charge in [-0.25, -0.2) is 4.79 Å². The predicted molar refractivity (Wildman–Crippen MR) is 83.0 cm³/mol. The van der Waals surface area contributed by atoms with E-state index in [4.69, 9.17) is 4.74 Å². The van der Waals surface area contributed by atoms with Crippen LogP contribution in [-0.2, 0) is 20.7 Å². The molecule has 0 saturated carbocycles. The molecule has 2 aromatic heterocycles.